The summed E-state index contributed by atoms with van der Waals surface area (Å²) in [5.41, 5.74) is 3.13. The van der Waals surface area contributed by atoms with Crippen molar-refractivity contribution in [3.8, 4) is 0 Å². The molecule has 1 heterocycles. The van der Waals surface area contributed by atoms with Crippen molar-refractivity contribution in [3.05, 3.63) is 65.3 Å². The SMILES string of the molecule is O=[S+]c1ccc(CCNc2ccnc3cc(Cl)ccc23)cc1. The van der Waals surface area contributed by atoms with Crippen molar-refractivity contribution in [2.24, 2.45) is 0 Å². The second kappa shape index (κ2) is 6.81. The highest BCUT2D eigenvalue weighted by Crippen LogP contribution is 2.24. The number of pyridine rings is 1. The number of anilines is 1. The number of hydrogen-bond donors (Lipinski definition) is 1. The van der Waals surface area contributed by atoms with E-state index in [1.165, 1.54) is 5.56 Å². The number of halogens is 1. The lowest BCUT2D eigenvalue weighted by molar-refractivity contribution is 0.605. The summed E-state index contributed by atoms with van der Waals surface area (Å²) < 4.78 is 10.7. The number of nitrogens with one attached hydrogen (secondary N) is 1. The predicted molar refractivity (Wildman–Crippen MR) is 91.7 cm³/mol. The van der Waals surface area contributed by atoms with Crippen LogP contribution in [0.1, 0.15) is 5.56 Å². The minimum absolute atomic E-state index is 0.517. The van der Waals surface area contributed by atoms with Crippen molar-refractivity contribution in [2.75, 3.05) is 11.9 Å². The summed E-state index contributed by atoms with van der Waals surface area (Å²) in [5, 5.41) is 5.18. The Hall–Kier alpha value is -2.04. The van der Waals surface area contributed by atoms with Crippen molar-refractivity contribution in [1.82, 2.24) is 4.98 Å². The van der Waals surface area contributed by atoms with Crippen LogP contribution in [0.2, 0.25) is 5.02 Å². The Kier molecular flexibility index (Phi) is 4.61. The fraction of sp³-hybridized carbons (Fsp3) is 0.118. The number of hydrogen-bond acceptors (Lipinski definition) is 3. The molecule has 0 atom stereocenters. The van der Waals surface area contributed by atoms with E-state index in [1.807, 2.05) is 48.5 Å². The molecule has 0 bridgehead atoms. The maximum Gasteiger partial charge on any atom is 0.505 e. The molecule has 0 aliphatic heterocycles. The fourth-order valence-corrected chi connectivity index (χ4v) is 2.74. The zero-order valence-electron chi connectivity index (χ0n) is 11.8. The molecule has 1 aromatic heterocycles. The summed E-state index contributed by atoms with van der Waals surface area (Å²) in [7, 11) is 0. The largest absolute Gasteiger partial charge is 0.505 e. The van der Waals surface area contributed by atoms with Crippen LogP contribution in [0.5, 0.6) is 0 Å². The first-order valence-corrected chi connectivity index (χ1v) is 8.05. The highest BCUT2D eigenvalue weighted by atomic mass is 35.5. The smallest absolute Gasteiger partial charge is 0.384 e. The maximum absolute atomic E-state index is 10.7. The van der Waals surface area contributed by atoms with Gasteiger partial charge in [0.1, 0.15) is 0 Å². The van der Waals surface area contributed by atoms with Gasteiger partial charge in [0.05, 0.1) is 5.52 Å². The number of aromatic nitrogens is 1. The van der Waals surface area contributed by atoms with Gasteiger partial charge in [0.2, 0.25) is 0 Å². The lowest BCUT2D eigenvalue weighted by Crippen LogP contribution is -2.05. The molecule has 110 valence electrons. The number of benzene rings is 2. The van der Waals surface area contributed by atoms with Crippen LogP contribution in [0, 0.1) is 0 Å². The molecule has 1 N–H and O–H groups in total. The van der Waals surface area contributed by atoms with Crippen LogP contribution in [0.15, 0.2) is 59.6 Å². The summed E-state index contributed by atoms with van der Waals surface area (Å²) in [6.07, 6.45) is 2.67. The van der Waals surface area contributed by atoms with Crippen LogP contribution in [0.3, 0.4) is 0 Å². The Balaban J connectivity index is 1.69. The Bertz CT molecular complexity index is 805. The molecule has 2 aromatic carbocycles. The molecular formula is C17H14ClN2OS+. The standard InChI is InChI=1S/C17H14ClN2OS/c18-13-3-6-15-16(8-10-20-17(15)11-13)19-9-7-12-1-4-14(22-21)5-2-12/h1-6,8,10-11H,7,9H2,(H,19,20)/q+1. The van der Waals surface area contributed by atoms with Gasteiger partial charge in [0.15, 0.2) is 0 Å². The molecule has 3 aromatic rings. The van der Waals surface area contributed by atoms with Crippen LogP contribution < -0.4 is 5.32 Å². The third-order valence-electron chi connectivity index (χ3n) is 3.45. The van der Waals surface area contributed by atoms with E-state index in [1.54, 1.807) is 6.20 Å². The van der Waals surface area contributed by atoms with Gasteiger partial charge in [-0.05, 0) is 36.2 Å². The molecule has 0 fully saturated rings. The Morgan fingerprint density at radius 2 is 1.91 bits per heavy atom. The van der Waals surface area contributed by atoms with E-state index < -0.39 is 0 Å². The van der Waals surface area contributed by atoms with E-state index in [-0.39, 0.29) is 0 Å². The monoisotopic (exact) mass is 329 g/mol. The van der Waals surface area contributed by atoms with Crippen LogP contribution in [0.4, 0.5) is 5.69 Å². The van der Waals surface area contributed by atoms with Gasteiger partial charge in [0.25, 0.3) is 4.90 Å². The maximum atomic E-state index is 10.7. The Morgan fingerprint density at radius 1 is 1.09 bits per heavy atom. The highest BCUT2D eigenvalue weighted by molar-refractivity contribution is 7.65. The zero-order chi connectivity index (χ0) is 15.4. The van der Waals surface area contributed by atoms with Gasteiger partial charge in [-0.25, -0.2) is 0 Å². The minimum Gasteiger partial charge on any atom is -0.384 e. The van der Waals surface area contributed by atoms with Gasteiger partial charge < -0.3 is 5.32 Å². The molecule has 3 nitrogen and oxygen atoms in total. The highest BCUT2D eigenvalue weighted by Gasteiger charge is 2.05. The molecule has 0 aliphatic rings. The number of nitrogens with zero attached hydrogens (tertiary/aromatic N) is 1. The molecule has 0 spiro atoms. The average Bonchev–Trinajstić information content (AvgIpc) is 2.55. The summed E-state index contributed by atoms with van der Waals surface area (Å²) in [4.78, 5) is 5.08. The molecule has 22 heavy (non-hydrogen) atoms. The van der Waals surface area contributed by atoms with E-state index >= 15 is 0 Å². The summed E-state index contributed by atoms with van der Waals surface area (Å²) in [6.45, 7) is 0.811. The zero-order valence-corrected chi connectivity index (χ0v) is 13.3. The van der Waals surface area contributed by atoms with Gasteiger partial charge in [-0.1, -0.05) is 23.7 Å². The van der Waals surface area contributed by atoms with Crippen LogP contribution >= 0.6 is 11.6 Å². The van der Waals surface area contributed by atoms with Gasteiger partial charge in [-0.15, -0.1) is 0 Å². The van der Waals surface area contributed by atoms with Crippen molar-refractivity contribution in [2.45, 2.75) is 11.3 Å². The molecule has 0 unspecified atom stereocenters. The molecule has 0 radical (unpaired) electrons. The van der Waals surface area contributed by atoms with Gasteiger partial charge in [-0.3, -0.25) is 4.98 Å². The summed E-state index contributed by atoms with van der Waals surface area (Å²) in [5.74, 6) is 0. The topological polar surface area (TPSA) is 42.0 Å². The summed E-state index contributed by atoms with van der Waals surface area (Å²) in [6, 6.07) is 15.4. The van der Waals surface area contributed by atoms with Crippen LogP contribution in [0.25, 0.3) is 10.9 Å². The minimum atomic E-state index is 0.517. The number of rotatable bonds is 5. The third kappa shape index (κ3) is 3.40. The summed E-state index contributed by atoms with van der Waals surface area (Å²) >= 11 is 6.51. The molecule has 0 saturated heterocycles. The number of fused-ring (bicyclic) bond motifs is 1. The van der Waals surface area contributed by atoms with Gasteiger partial charge in [-0.2, -0.15) is 0 Å². The lowest BCUT2D eigenvalue weighted by atomic mass is 10.1. The normalized spacial score (nSPS) is 10.6. The first-order chi connectivity index (χ1) is 10.8. The third-order valence-corrected chi connectivity index (χ3v) is 4.15. The van der Waals surface area contributed by atoms with Crippen molar-refractivity contribution in [3.63, 3.8) is 0 Å². The second-order valence-electron chi connectivity index (χ2n) is 4.92. The molecule has 3 rings (SSSR count). The van der Waals surface area contributed by atoms with Crippen molar-refractivity contribution < 1.29 is 4.21 Å². The molecule has 5 heteroatoms. The predicted octanol–water partition coefficient (Wildman–Crippen LogP) is 4.33. The Morgan fingerprint density at radius 3 is 2.68 bits per heavy atom. The van der Waals surface area contributed by atoms with Gasteiger partial charge >= 0.3 is 11.7 Å². The van der Waals surface area contributed by atoms with Crippen molar-refractivity contribution >= 4 is 39.9 Å². The quantitative estimate of drug-likeness (QED) is 0.708. The van der Waals surface area contributed by atoms with E-state index in [0.29, 0.717) is 16.7 Å². The Labute approximate surface area is 137 Å². The van der Waals surface area contributed by atoms with E-state index in [2.05, 4.69) is 10.3 Å². The first-order valence-electron chi connectivity index (χ1n) is 6.93. The van der Waals surface area contributed by atoms with Crippen LogP contribution in [-0.2, 0) is 22.3 Å². The lowest BCUT2D eigenvalue weighted by Gasteiger charge is -2.09. The van der Waals surface area contributed by atoms with Crippen molar-refractivity contribution in [1.29, 1.82) is 0 Å². The molecule has 0 amide bonds. The second-order valence-corrected chi connectivity index (χ2v) is 6.00. The first kappa shape index (κ1) is 14.9. The van der Waals surface area contributed by atoms with E-state index in [0.717, 1.165) is 34.5 Å². The van der Waals surface area contributed by atoms with E-state index in [4.69, 9.17) is 11.6 Å². The van der Waals surface area contributed by atoms with E-state index in [9.17, 15) is 4.21 Å². The molecule has 0 saturated carbocycles. The average molecular weight is 330 g/mol. The fourth-order valence-electron chi connectivity index (χ4n) is 2.33. The van der Waals surface area contributed by atoms with Gasteiger partial charge in [0, 0.05) is 45.2 Å². The molecule has 0 aliphatic carbocycles. The molecular weight excluding hydrogens is 316 g/mol. The van der Waals surface area contributed by atoms with Crippen LogP contribution in [-0.4, -0.2) is 11.5 Å².